The minimum Gasteiger partial charge on any atom is -0.496 e. The molecule has 0 atom stereocenters. The van der Waals surface area contributed by atoms with Crippen molar-refractivity contribution in [1.29, 1.82) is 0 Å². The van der Waals surface area contributed by atoms with Gasteiger partial charge in [0.2, 0.25) is 0 Å². The molecule has 1 heterocycles. The third-order valence-corrected chi connectivity index (χ3v) is 4.51. The third kappa shape index (κ3) is 4.77. The molecule has 1 aromatic heterocycles. The monoisotopic (exact) mass is 381 g/mol. The first-order chi connectivity index (χ1) is 13.1. The van der Waals surface area contributed by atoms with Crippen molar-refractivity contribution in [3.63, 3.8) is 0 Å². The highest BCUT2D eigenvalue weighted by Crippen LogP contribution is 2.23. The molecule has 1 amide bonds. The van der Waals surface area contributed by atoms with Crippen LogP contribution in [-0.2, 0) is 6.54 Å². The molecule has 0 saturated carbocycles. The second kappa shape index (κ2) is 8.56. The molecule has 2 aromatic carbocycles. The van der Waals surface area contributed by atoms with Crippen molar-refractivity contribution in [2.24, 2.45) is 0 Å². The number of nitrogens with zero attached hydrogens (tertiary/aromatic N) is 1. The predicted molar refractivity (Wildman–Crippen MR) is 108 cm³/mol. The maximum Gasteiger partial charge on any atom is 0.251 e. The van der Waals surface area contributed by atoms with Crippen molar-refractivity contribution in [3.8, 4) is 5.75 Å². The fourth-order valence-corrected chi connectivity index (χ4v) is 2.77. The Labute approximate surface area is 163 Å². The van der Waals surface area contributed by atoms with Crippen LogP contribution >= 0.6 is 11.6 Å². The number of methoxy groups -OCH3 is 1. The van der Waals surface area contributed by atoms with Crippen molar-refractivity contribution in [2.45, 2.75) is 13.5 Å². The van der Waals surface area contributed by atoms with Crippen LogP contribution in [0.1, 0.15) is 21.5 Å². The summed E-state index contributed by atoms with van der Waals surface area (Å²) in [6.07, 6.45) is 1.59. The fourth-order valence-electron chi connectivity index (χ4n) is 2.59. The lowest BCUT2D eigenvalue weighted by Gasteiger charge is -2.11. The highest BCUT2D eigenvalue weighted by molar-refractivity contribution is 6.31. The van der Waals surface area contributed by atoms with Gasteiger partial charge in [0.15, 0.2) is 0 Å². The standard InChI is InChI=1S/C21H20ClN3O2/c1-14-7-8-17(12-18(14)22)25-20-11-15(9-10-23-20)21(26)24-13-16-5-3-4-6-19(16)27-2/h3-12H,13H2,1-2H3,(H,23,25)(H,24,26). The normalized spacial score (nSPS) is 10.3. The molecule has 27 heavy (non-hydrogen) atoms. The van der Waals surface area contributed by atoms with Gasteiger partial charge in [-0.05, 0) is 42.8 Å². The van der Waals surface area contributed by atoms with Crippen molar-refractivity contribution < 1.29 is 9.53 Å². The highest BCUT2D eigenvalue weighted by Gasteiger charge is 2.09. The zero-order valence-corrected chi connectivity index (χ0v) is 15.9. The maximum absolute atomic E-state index is 12.5. The first-order valence-electron chi connectivity index (χ1n) is 8.46. The molecule has 0 spiro atoms. The number of amides is 1. The molecule has 3 aromatic rings. The Kier molecular flexibility index (Phi) is 5.94. The summed E-state index contributed by atoms with van der Waals surface area (Å²) in [7, 11) is 1.61. The van der Waals surface area contributed by atoms with Crippen LogP contribution in [0.4, 0.5) is 11.5 Å². The summed E-state index contributed by atoms with van der Waals surface area (Å²) in [5.74, 6) is 1.12. The van der Waals surface area contributed by atoms with Crippen LogP contribution in [0.5, 0.6) is 5.75 Å². The smallest absolute Gasteiger partial charge is 0.251 e. The Morgan fingerprint density at radius 3 is 2.74 bits per heavy atom. The number of nitrogens with one attached hydrogen (secondary N) is 2. The van der Waals surface area contributed by atoms with Gasteiger partial charge in [0.25, 0.3) is 5.91 Å². The van der Waals surface area contributed by atoms with E-state index >= 15 is 0 Å². The van der Waals surface area contributed by atoms with Crippen LogP contribution in [0.2, 0.25) is 5.02 Å². The molecule has 5 nitrogen and oxygen atoms in total. The molecule has 6 heteroatoms. The van der Waals surface area contributed by atoms with Crippen LogP contribution in [-0.4, -0.2) is 18.0 Å². The van der Waals surface area contributed by atoms with Crippen molar-refractivity contribution in [1.82, 2.24) is 10.3 Å². The molecule has 3 rings (SSSR count). The number of anilines is 2. The van der Waals surface area contributed by atoms with Crippen LogP contribution in [0.3, 0.4) is 0 Å². The first kappa shape index (κ1) is 18.7. The van der Waals surface area contributed by atoms with Gasteiger partial charge in [-0.2, -0.15) is 0 Å². The topological polar surface area (TPSA) is 63.2 Å². The Bertz CT molecular complexity index is 960. The molecule has 0 aliphatic heterocycles. The summed E-state index contributed by atoms with van der Waals surface area (Å²) in [5.41, 5.74) is 3.24. The second-order valence-electron chi connectivity index (χ2n) is 6.01. The number of hydrogen-bond acceptors (Lipinski definition) is 4. The number of aromatic nitrogens is 1. The number of pyridine rings is 1. The van der Waals surface area contributed by atoms with Crippen molar-refractivity contribution in [2.75, 3.05) is 12.4 Å². The zero-order chi connectivity index (χ0) is 19.2. The molecule has 138 valence electrons. The van der Waals surface area contributed by atoms with Gasteiger partial charge in [-0.1, -0.05) is 35.9 Å². The molecule has 0 unspecified atom stereocenters. The third-order valence-electron chi connectivity index (χ3n) is 4.10. The quantitative estimate of drug-likeness (QED) is 0.648. The fraction of sp³-hybridized carbons (Fsp3) is 0.143. The van der Waals surface area contributed by atoms with E-state index in [2.05, 4.69) is 15.6 Å². The summed E-state index contributed by atoms with van der Waals surface area (Å²) in [6, 6.07) is 16.6. The van der Waals surface area contributed by atoms with Crippen molar-refractivity contribution in [3.05, 3.63) is 82.5 Å². The second-order valence-corrected chi connectivity index (χ2v) is 6.42. The highest BCUT2D eigenvalue weighted by atomic mass is 35.5. The number of ether oxygens (including phenoxy) is 1. The van der Waals surface area contributed by atoms with E-state index in [0.717, 1.165) is 22.6 Å². The molecule has 0 bridgehead atoms. The lowest BCUT2D eigenvalue weighted by Crippen LogP contribution is -2.23. The molecule has 0 radical (unpaired) electrons. The summed E-state index contributed by atoms with van der Waals surface area (Å²) in [4.78, 5) is 16.8. The number of rotatable bonds is 6. The van der Waals surface area contributed by atoms with E-state index in [-0.39, 0.29) is 5.91 Å². The number of para-hydroxylation sites is 1. The van der Waals surface area contributed by atoms with E-state index in [1.807, 2.05) is 49.4 Å². The average molecular weight is 382 g/mol. The minimum absolute atomic E-state index is 0.187. The van der Waals surface area contributed by atoms with Gasteiger partial charge in [-0.25, -0.2) is 4.98 Å². The lowest BCUT2D eigenvalue weighted by molar-refractivity contribution is 0.0950. The molecular weight excluding hydrogens is 362 g/mol. The van der Waals surface area contributed by atoms with Crippen LogP contribution in [0, 0.1) is 6.92 Å². The van der Waals surface area contributed by atoms with E-state index in [1.54, 1.807) is 25.4 Å². The number of carbonyl (C=O) groups is 1. The number of halogens is 1. The molecule has 0 aliphatic carbocycles. The van der Waals surface area contributed by atoms with Gasteiger partial charge in [-0.3, -0.25) is 4.79 Å². The van der Waals surface area contributed by atoms with Crippen LogP contribution < -0.4 is 15.4 Å². The van der Waals surface area contributed by atoms with Crippen molar-refractivity contribution >= 4 is 29.0 Å². The summed E-state index contributed by atoms with van der Waals surface area (Å²) in [6.45, 7) is 2.32. The molecular formula is C21H20ClN3O2. The molecule has 0 fully saturated rings. The Balaban J connectivity index is 1.69. The van der Waals surface area contributed by atoms with Crippen LogP contribution in [0.15, 0.2) is 60.8 Å². The van der Waals surface area contributed by atoms with E-state index in [0.29, 0.717) is 22.9 Å². The number of aryl methyl sites for hydroxylation is 1. The largest absolute Gasteiger partial charge is 0.496 e. The Hall–Kier alpha value is -3.05. The average Bonchev–Trinajstić information content (AvgIpc) is 2.69. The predicted octanol–water partition coefficient (Wildman–Crippen LogP) is 4.73. The lowest BCUT2D eigenvalue weighted by atomic mass is 10.2. The van der Waals surface area contributed by atoms with Gasteiger partial charge in [0.1, 0.15) is 11.6 Å². The van der Waals surface area contributed by atoms with Gasteiger partial charge >= 0.3 is 0 Å². The van der Waals surface area contributed by atoms with E-state index in [1.165, 1.54) is 0 Å². The van der Waals surface area contributed by atoms with E-state index in [9.17, 15) is 4.79 Å². The van der Waals surface area contributed by atoms with Gasteiger partial charge in [0, 0.05) is 34.6 Å². The van der Waals surface area contributed by atoms with Gasteiger partial charge in [0.05, 0.1) is 7.11 Å². The maximum atomic E-state index is 12.5. The molecule has 0 aliphatic rings. The number of benzene rings is 2. The Morgan fingerprint density at radius 2 is 1.96 bits per heavy atom. The van der Waals surface area contributed by atoms with E-state index < -0.39 is 0 Å². The summed E-state index contributed by atoms with van der Waals surface area (Å²) >= 11 is 6.15. The van der Waals surface area contributed by atoms with E-state index in [4.69, 9.17) is 16.3 Å². The summed E-state index contributed by atoms with van der Waals surface area (Å²) in [5, 5.41) is 6.74. The number of carbonyl (C=O) groups excluding carboxylic acids is 1. The SMILES string of the molecule is COc1ccccc1CNC(=O)c1ccnc(Nc2ccc(C)c(Cl)c2)c1. The Morgan fingerprint density at radius 1 is 1.15 bits per heavy atom. The first-order valence-corrected chi connectivity index (χ1v) is 8.84. The van der Waals surface area contributed by atoms with Gasteiger partial charge in [-0.15, -0.1) is 0 Å². The number of hydrogen-bond donors (Lipinski definition) is 2. The molecule has 2 N–H and O–H groups in total. The minimum atomic E-state index is -0.187. The van der Waals surface area contributed by atoms with Gasteiger partial charge < -0.3 is 15.4 Å². The molecule has 0 saturated heterocycles. The zero-order valence-electron chi connectivity index (χ0n) is 15.1. The van der Waals surface area contributed by atoms with Crippen LogP contribution in [0.25, 0.3) is 0 Å². The summed E-state index contributed by atoms with van der Waals surface area (Å²) < 4.78 is 5.30.